The lowest BCUT2D eigenvalue weighted by Gasteiger charge is -2.17. The van der Waals surface area contributed by atoms with Crippen molar-refractivity contribution >= 4 is 23.7 Å². The fraction of sp³-hybridized carbons (Fsp3) is 0.500. The van der Waals surface area contributed by atoms with Gasteiger partial charge in [0, 0.05) is 5.38 Å². The van der Waals surface area contributed by atoms with Crippen molar-refractivity contribution in [1.82, 2.24) is 15.1 Å². The van der Waals surface area contributed by atoms with Crippen molar-refractivity contribution in [1.29, 1.82) is 0 Å². The molecule has 5 nitrogen and oxygen atoms in total. The number of thiazole rings is 1. The van der Waals surface area contributed by atoms with Gasteiger partial charge >= 0.3 is 0 Å². The molecule has 17 heavy (non-hydrogen) atoms. The fourth-order valence-corrected chi connectivity index (χ4v) is 2.60. The topological polar surface area (TPSA) is 77.8 Å². The Kier molecular flexibility index (Phi) is 3.46. The number of rotatable bonds is 2. The minimum absolute atomic E-state index is 0. The van der Waals surface area contributed by atoms with Crippen molar-refractivity contribution in [2.24, 2.45) is 5.73 Å². The Hall–Kier alpha value is -0.980. The molecule has 0 unspecified atom stereocenters. The SMILES string of the molecule is Cl.NC1(c2noc(-c3cscn3)n2)CCCC1. The van der Waals surface area contributed by atoms with E-state index in [1.54, 1.807) is 5.51 Å². The number of aromatic nitrogens is 3. The molecule has 1 aliphatic carbocycles. The van der Waals surface area contributed by atoms with Crippen LogP contribution in [0.15, 0.2) is 15.4 Å². The Morgan fingerprint density at radius 2 is 2.12 bits per heavy atom. The van der Waals surface area contributed by atoms with Gasteiger partial charge in [-0.2, -0.15) is 4.98 Å². The van der Waals surface area contributed by atoms with E-state index >= 15 is 0 Å². The molecule has 1 saturated carbocycles. The highest BCUT2D eigenvalue weighted by atomic mass is 35.5. The van der Waals surface area contributed by atoms with Gasteiger partial charge in [-0.05, 0) is 12.8 Å². The molecule has 92 valence electrons. The summed E-state index contributed by atoms with van der Waals surface area (Å²) >= 11 is 1.50. The van der Waals surface area contributed by atoms with E-state index < -0.39 is 5.54 Å². The van der Waals surface area contributed by atoms with Gasteiger partial charge in [-0.1, -0.05) is 18.0 Å². The first kappa shape index (κ1) is 12.5. The first-order chi connectivity index (χ1) is 7.78. The largest absolute Gasteiger partial charge is 0.332 e. The highest BCUT2D eigenvalue weighted by Crippen LogP contribution is 2.35. The average Bonchev–Trinajstić information content (AvgIpc) is 2.98. The lowest BCUT2D eigenvalue weighted by atomic mass is 9.99. The third kappa shape index (κ3) is 2.20. The fourth-order valence-electron chi connectivity index (χ4n) is 2.08. The summed E-state index contributed by atoms with van der Waals surface area (Å²) < 4.78 is 5.19. The Morgan fingerprint density at radius 1 is 1.35 bits per heavy atom. The van der Waals surface area contributed by atoms with Crippen molar-refractivity contribution < 1.29 is 4.52 Å². The number of nitrogens with two attached hydrogens (primary N) is 1. The van der Waals surface area contributed by atoms with Crippen LogP contribution in [0, 0.1) is 0 Å². The molecule has 2 heterocycles. The van der Waals surface area contributed by atoms with Crippen LogP contribution in [0.2, 0.25) is 0 Å². The monoisotopic (exact) mass is 272 g/mol. The van der Waals surface area contributed by atoms with Gasteiger partial charge in [0.05, 0.1) is 11.0 Å². The normalized spacial score (nSPS) is 17.9. The zero-order chi connectivity index (χ0) is 11.0. The quantitative estimate of drug-likeness (QED) is 0.908. The predicted octanol–water partition coefficient (Wildman–Crippen LogP) is 2.34. The van der Waals surface area contributed by atoms with E-state index in [1.165, 1.54) is 11.3 Å². The molecule has 7 heteroatoms. The summed E-state index contributed by atoms with van der Waals surface area (Å²) in [4.78, 5) is 8.48. The smallest absolute Gasteiger partial charge is 0.277 e. The summed E-state index contributed by atoms with van der Waals surface area (Å²) in [6.45, 7) is 0. The Morgan fingerprint density at radius 3 is 2.76 bits per heavy atom. The number of halogens is 1. The van der Waals surface area contributed by atoms with E-state index in [-0.39, 0.29) is 12.4 Å². The van der Waals surface area contributed by atoms with E-state index in [2.05, 4.69) is 15.1 Å². The molecule has 2 aromatic heterocycles. The summed E-state index contributed by atoms with van der Waals surface area (Å²) in [6.07, 6.45) is 4.14. The van der Waals surface area contributed by atoms with Gasteiger partial charge in [0.2, 0.25) is 0 Å². The van der Waals surface area contributed by atoms with Crippen LogP contribution in [-0.2, 0) is 5.54 Å². The summed E-state index contributed by atoms with van der Waals surface area (Å²) in [6, 6.07) is 0. The zero-order valence-electron chi connectivity index (χ0n) is 9.13. The van der Waals surface area contributed by atoms with E-state index in [0.29, 0.717) is 11.7 Å². The molecule has 0 amide bonds. The van der Waals surface area contributed by atoms with Gasteiger partial charge in [-0.25, -0.2) is 4.98 Å². The van der Waals surface area contributed by atoms with Crippen LogP contribution in [-0.4, -0.2) is 15.1 Å². The third-order valence-electron chi connectivity index (χ3n) is 3.02. The van der Waals surface area contributed by atoms with Crippen molar-refractivity contribution in [3.63, 3.8) is 0 Å². The first-order valence-corrected chi connectivity index (χ1v) is 6.24. The van der Waals surface area contributed by atoms with Crippen LogP contribution in [0.4, 0.5) is 0 Å². The van der Waals surface area contributed by atoms with Crippen LogP contribution < -0.4 is 5.73 Å². The van der Waals surface area contributed by atoms with Gasteiger partial charge in [0.1, 0.15) is 5.69 Å². The molecule has 0 aliphatic heterocycles. The number of hydrogen-bond acceptors (Lipinski definition) is 6. The molecule has 2 N–H and O–H groups in total. The van der Waals surface area contributed by atoms with E-state index in [9.17, 15) is 0 Å². The maximum Gasteiger partial charge on any atom is 0.277 e. The van der Waals surface area contributed by atoms with Crippen molar-refractivity contribution in [2.45, 2.75) is 31.2 Å². The lowest BCUT2D eigenvalue weighted by molar-refractivity contribution is 0.372. The number of hydrogen-bond donors (Lipinski definition) is 1. The zero-order valence-corrected chi connectivity index (χ0v) is 10.8. The molecular weight excluding hydrogens is 260 g/mol. The summed E-state index contributed by atoms with van der Waals surface area (Å²) in [5, 5.41) is 5.86. The summed E-state index contributed by atoms with van der Waals surface area (Å²) in [7, 11) is 0. The molecule has 0 bridgehead atoms. The Balaban J connectivity index is 0.00000108. The number of nitrogens with zero attached hydrogens (tertiary/aromatic N) is 3. The molecule has 0 aromatic carbocycles. The molecule has 0 spiro atoms. The standard InChI is InChI=1S/C10H12N4OS.ClH/c11-10(3-1-2-4-10)9-13-8(15-14-9)7-5-16-6-12-7;/h5-6H,1-4,11H2;1H. The second-order valence-electron chi connectivity index (χ2n) is 4.16. The molecule has 0 atom stereocenters. The average molecular weight is 273 g/mol. The van der Waals surface area contributed by atoms with Gasteiger partial charge in [-0.3, -0.25) is 0 Å². The highest BCUT2D eigenvalue weighted by molar-refractivity contribution is 7.07. The molecular formula is C10H13ClN4OS. The van der Waals surface area contributed by atoms with Crippen molar-refractivity contribution in [3.05, 3.63) is 16.7 Å². The third-order valence-corrected chi connectivity index (χ3v) is 3.61. The molecule has 1 aliphatic rings. The summed E-state index contributed by atoms with van der Waals surface area (Å²) in [5.74, 6) is 1.08. The van der Waals surface area contributed by atoms with E-state index in [1.807, 2.05) is 5.38 Å². The molecule has 0 saturated heterocycles. The maximum absolute atomic E-state index is 6.24. The van der Waals surface area contributed by atoms with Gasteiger partial charge in [0.25, 0.3) is 5.89 Å². The van der Waals surface area contributed by atoms with E-state index in [4.69, 9.17) is 10.3 Å². The second-order valence-corrected chi connectivity index (χ2v) is 4.88. The maximum atomic E-state index is 6.24. The molecule has 2 aromatic rings. The molecule has 0 radical (unpaired) electrons. The Labute approximate surface area is 109 Å². The first-order valence-electron chi connectivity index (χ1n) is 5.30. The van der Waals surface area contributed by atoms with E-state index in [0.717, 1.165) is 31.4 Å². The second kappa shape index (κ2) is 4.72. The van der Waals surface area contributed by atoms with Gasteiger partial charge < -0.3 is 10.3 Å². The van der Waals surface area contributed by atoms with Crippen LogP contribution in [0.5, 0.6) is 0 Å². The predicted molar refractivity (Wildman–Crippen MR) is 67.0 cm³/mol. The van der Waals surface area contributed by atoms with Crippen LogP contribution in [0.1, 0.15) is 31.5 Å². The van der Waals surface area contributed by atoms with Crippen LogP contribution >= 0.6 is 23.7 Å². The molecule has 3 rings (SSSR count). The minimum atomic E-state index is -0.391. The lowest BCUT2D eigenvalue weighted by Crippen LogP contribution is -2.34. The molecule has 1 fully saturated rings. The van der Waals surface area contributed by atoms with Crippen LogP contribution in [0.25, 0.3) is 11.6 Å². The highest BCUT2D eigenvalue weighted by Gasteiger charge is 2.36. The van der Waals surface area contributed by atoms with Gasteiger partial charge in [-0.15, -0.1) is 23.7 Å². The van der Waals surface area contributed by atoms with Gasteiger partial charge in [0.15, 0.2) is 5.82 Å². The minimum Gasteiger partial charge on any atom is -0.332 e. The Bertz CT molecular complexity index is 478. The van der Waals surface area contributed by atoms with Crippen molar-refractivity contribution in [2.75, 3.05) is 0 Å². The van der Waals surface area contributed by atoms with Crippen molar-refractivity contribution in [3.8, 4) is 11.6 Å². The summed E-state index contributed by atoms with van der Waals surface area (Å²) in [5.41, 5.74) is 8.32. The van der Waals surface area contributed by atoms with Crippen LogP contribution in [0.3, 0.4) is 0 Å².